The lowest BCUT2D eigenvalue weighted by Crippen LogP contribution is -2.48. The van der Waals surface area contributed by atoms with E-state index in [-0.39, 0.29) is 17.0 Å². The molecule has 2 N–H and O–H groups in total. The quantitative estimate of drug-likeness (QED) is 0.836. The van der Waals surface area contributed by atoms with E-state index in [9.17, 15) is 18.0 Å². The number of rotatable bonds is 2. The minimum atomic E-state index is -3.77. The number of fused-ring (bicyclic) bond motifs is 1. The van der Waals surface area contributed by atoms with Gasteiger partial charge in [0.25, 0.3) is 0 Å². The van der Waals surface area contributed by atoms with Gasteiger partial charge < -0.3 is 10.4 Å². The molecule has 0 radical (unpaired) electrons. The first kappa shape index (κ1) is 13.5. The highest BCUT2D eigenvalue weighted by Gasteiger charge is 2.47. The van der Waals surface area contributed by atoms with E-state index in [2.05, 4.69) is 5.32 Å². The number of sulfone groups is 1. The summed E-state index contributed by atoms with van der Waals surface area (Å²) in [5.74, 6) is -1.64. The lowest BCUT2D eigenvalue weighted by atomic mass is 10.1. The summed E-state index contributed by atoms with van der Waals surface area (Å²) in [7, 11) is -3.77. The molecule has 102 valence electrons. The predicted octanol–water partition coefficient (Wildman–Crippen LogP) is 0.818. The van der Waals surface area contributed by atoms with Crippen molar-refractivity contribution in [3.63, 3.8) is 0 Å². The van der Waals surface area contributed by atoms with Crippen molar-refractivity contribution < 1.29 is 23.1 Å². The molecule has 0 bridgehead atoms. The van der Waals surface area contributed by atoms with E-state index in [1.54, 1.807) is 0 Å². The Morgan fingerprint density at radius 1 is 1.37 bits per heavy atom. The number of amides is 1. The van der Waals surface area contributed by atoms with Gasteiger partial charge in [0.05, 0.1) is 17.0 Å². The van der Waals surface area contributed by atoms with Crippen molar-refractivity contribution in [3.8, 4) is 0 Å². The van der Waals surface area contributed by atoms with Gasteiger partial charge in [-0.2, -0.15) is 0 Å². The van der Waals surface area contributed by atoms with Crippen LogP contribution in [0.3, 0.4) is 0 Å². The Morgan fingerprint density at radius 2 is 2.00 bits per heavy atom. The third-order valence-corrected chi connectivity index (χ3v) is 5.62. The van der Waals surface area contributed by atoms with Crippen LogP contribution in [0.5, 0.6) is 0 Å². The normalized spacial score (nSPS) is 19.4. The number of benzene rings is 1. The predicted molar refractivity (Wildman–Crippen MR) is 67.7 cm³/mol. The van der Waals surface area contributed by atoms with E-state index in [4.69, 9.17) is 5.11 Å². The van der Waals surface area contributed by atoms with Gasteiger partial charge in [0, 0.05) is 0 Å². The van der Waals surface area contributed by atoms with Gasteiger partial charge in [0.15, 0.2) is 9.84 Å². The van der Waals surface area contributed by atoms with E-state index in [1.165, 1.54) is 32.0 Å². The maximum atomic E-state index is 12.3. The molecule has 1 amide bonds. The molecule has 0 atom stereocenters. The number of carboxylic acids is 1. The highest BCUT2D eigenvalue weighted by atomic mass is 32.2. The van der Waals surface area contributed by atoms with Crippen LogP contribution in [0.4, 0.5) is 5.69 Å². The van der Waals surface area contributed by atoms with Gasteiger partial charge in [-0.05, 0) is 31.5 Å². The Labute approximate surface area is 110 Å². The summed E-state index contributed by atoms with van der Waals surface area (Å²) in [6.45, 7) is 2.68. The molecule has 0 unspecified atom stereocenters. The van der Waals surface area contributed by atoms with Crippen LogP contribution in [0.2, 0.25) is 0 Å². The Hall–Kier alpha value is -1.89. The smallest absolute Gasteiger partial charge is 0.307 e. The highest BCUT2D eigenvalue weighted by Crippen LogP contribution is 2.36. The number of carbonyl (C=O) groups is 2. The summed E-state index contributed by atoms with van der Waals surface area (Å²) in [6.07, 6.45) is -0.230. The number of hydrogen-bond acceptors (Lipinski definition) is 4. The number of anilines is 1. The lowest BCUT2D eigenvalue weighted by Gasteiger charge is -2.30. The zero-order valence-corrected chi connectivity index (χ0v) is 11.2. The summed E-state index contributed by atoms with van der Waals surface area (Å²) in [4.78, 5) is 22.5. The molecule has 7 heteroatoms. The van der Waals surface area contributed by atoms with E-state index in [0.29, 0.717) is 5.56 Å². The van der Waals surface area contributed by atoms with Crippen LogP contribution < -0.4 is 5.32 Å². The summed E-state index contributed by atoms with van der Waals surface area (Å²) < 4.78 is 23.1. The number of hydrogen-bond donors (Lipinski definition) is 2. The molecule has 6 nitrogen and oxygen atoms in total. The number of carbonyl (C=O) groups excluding carboxylic acids is 1. The van der Waals surface area contributed by atoms with Gasteiger partial charge in [0.1, 0.15) is 4.75 Å². The van der Waals surface area contributed by atoms with Crippen molar-refractivity contribution in [3.05, 3.63) is 23.8 Å². The maximum Gasteiger partial charge on any atom is 0.307 e. The van der Waals surface area contributed by atoms with Crippen molar-refractivity contribution in [2.75, 3.05) is 5.32 Å². The lowest BCUT2D eigenvalue weighted by molar-refractivity contribution is -0.136. The van der Waals surface area contributed by atoms with Crippen molar-refractivity contribution in [1.29, 1.82) is 0 Å². The summed E-state index contributed by atoms with van der Waals surface area (Å²) in [5, 5.41) is 11.2. The zero-order valence-electron chi connectivity index (χ0n) is 10.4. The fourth-order valence-corrected chi connectivity index (χ4v) is 3.36. The van der Waals surface area contributed by atoms with Crippen LogP contribution >= 0.6 is 0 Å². The van der Waals surface area contributed by atoms with E-state index < -0.39 is 26.5 Å². The topological polar surface area (TPSA) is 101 Å². The SMILES string of the molecule is CC1(C)C(=O)Nc2cc(CC(=O)O)ccc2S1(=O)=O. The van der Waals surface area contributed by atoms with E-state index in [0.717, 1.165) is 0 Å². The molecule has 0 spiro atoms. The molecule has 19 heavy (non-hydrogen) atoms. The van der Waals surface area contributed by atoms with Crippen molar-refractivity contribution in [2.45, 2.75) is 29.9 Å². The number of aliphatic carboxylic acids is 1. The van der Waals surface area contributed by atoms with Gasteiger partial charge in [0.2, 0.25) is 5.91 Å². The van der Waals surface area contributed by atoms with Crippen LogP contribution in [0.1, 0.15) is 19.4 Å². The van der Waals surface area contributed by atoms with Crippen molar-refractivity contribution >= 4 is 27.4 Å². The van der Waals surface area contributed by atoms with E-state index >= 15 is 0 Å². The molecule has 0 aromatic heterocycles. The minimum absolute atomic E-state index is 0.0197. The Balaban J connectivity index is 2.58. The van der Waals surface area contributed by atoms with Crippen LogP contribution in [0.25, 0.3) is 0 Å². The molecule has 0 saturated carbocycles. The van der Waals surface area contributed by atoms with E-state index in [1.807, 2.05) is 0 Å². The number of nitrogens with one attached hydrogen (secondary N) is 1. The van der Waals surface area contributed by atoms with Gasteiger partial charge in [-0.15, -0.1) is 0 Å². The van der Waals surface area contributed by atoms with Crippen molar-refractivity contribution in [1.82, 2.24) is 0 Å². The average molecular weight is 283 g/mol. The molecular weight excluding hydrogens is 270 g/mol. The Morgan fingerprint density at radius 3 is 2.58 bits per heavy atom. The summed E-state index contributed by atoms with van der Waals surface area (Å²) in [6, 6.07) is 4.16. The van der Waals surface area contributed by atoms with Crippen LogP contribution in [-0.4, -0.2) is 30.1 Å². The number of carboxylic acid groups (broad SMARTS) is 1. The zero-order chi connectivity index (χ0) is 14.4. The maximum absolute atomic E-state index is 12.3. The van der Waals surface area contributed by atoms with Crippen molar-refractivity contribution in [2.24, 2.45) is 0 Å². The Bertz CT molecular complexity index is 675. The molecule has 2 rings (SSSR count). The molecule has 1 heterocycles. The third-order valence-electron chi connectivity index (χ3n) is 3.16. The Kier molecular flexibility index (Phi) is 2.89. The minimum Gasteiger partial charge on any atom is -0.481 e. The van der Waals surface area contributed by atoms with Crippen LogP contribution in [-0.2, 0) is 25.8 Å². The van der Waals surface area contributed by atoms with Gasteiger partial charge >= 0.3 is 5.97 Å². The van der Waals surface area contributed by atoms with Crippen LogP contribution in [0.15, 0.2) is 23.1 Å². The van der Waals surface area contributed by atoms with Gasteiger partial charge in [-0.3, -0.25) is 9.59 Å². The first-order valence-corrected chi connectivity index (χ1v) is 7.05. The first-order chi connectivity index (χ1) is 8.66. The molecule has 1 aromatic carbocycles. The van der Waals surface area contributed by atoms with Gasteiger partial charge in [-0.1, -0.05) is 6.07 Å². The molecule has 1 aliphatic heterocycles. The molecule has 0 aliphatic carbocycles. The average Bonchev–Trinajstić information content (AvgIpc) is 2.26. The standard InChI is InChI=1S/C12H13NO5S/c1-12(2)11(16)13-8-5-7(6-10(14)15)3-4-9(8)19(12,17)18/h3-5H,6H2,1-2H3,(H,13,16)(H,14,15). The highest BCUT2D eigenvalue weighted by molar-refractivity contribution is 7.94. The summed E-state index contributed by atoms with van der Waals surface area (Å²) >= 11 is 0. The molecule has 0 fully saturated rings. The molecule has 0 saturated heterocycles. The van der Waals surface area contributed by atoms with Gasteiger partial charge in [-0.25, -0.2) is 8.42 Å². The molecule has 1 aliphatic rings. The fraction of sp³-hybridized carbons (Fsp3) is 0.333. The monoisotopic (exact) mass is 283 g/mol. The largest absolute Gasteiger partial charge is 0.481 e. The third kappa shape index (κ3) is 1.99. The fourth-order valence-electron chi connectivity index (χ4n) is 1.86. The molecule has 1 aromatic rings. The second kappa shape index (κ2) is 4.06. The second-order valence-corrected chi connectivity index (χ2v) is 7.34. The second-order valence-electron chi connectivity index (χ2n) is 4.87. The molecular formula is C12H13NO5S. The summed E-state index contributed by atoms with van der Waals surface area (Å²) in [5.41, 5.74) is 0.574. The first-order valence-electron chi connectivity index (χ1n) is 5.57. The van der Waals surface area contributed by atoms with Crippen LogP contribution in [0, 0.1) is 0 Å².